The molecule has 2 N–H and O–H groups in total. The summed E-state index contributed by atoms with van der Waals surface area (Å²) in [5.41, 5.74) is 1.66. The van der Waals surface area contributed by atoms with Gasteiger partial charge in [-0.05, 0) is 17.2 Å². The van der Waals surface area contributed by atoms with Crippen LogP contribution in [0.5, 0.6) is 0 Å². The molecule has 0 bridgehead atoms. The fourth-order valence-corrected chi connectivity index (χ4v) is 0.874. The molecule has 0 aliphatic rings. The van der Waals surface area contributed by atoms with Crippen molar-refractivity contribution in [1.82, 2.24) is 4.98 Å². The average molecular weight is 165 g/mol. The van der Waals surface area contributed by atoms with Gasteiger partial charge in [-0.3, -0.25) is 4.98 Å². The highest BCUT2D eigenvalue weighted by atomic mass is 16.3. The van der Waals surface area contributed by atoms with Crippen molar-refractivity contribution < 1.29 is 10.2 Å². The highest BCUT2D eigenvalue weighted by Gasteiger charge is 1.90. The largest absolute Gasteiger partial charge is 0.392 e. The Morgan fingerprint density at radius 3 is 2.83 bits per heavy atom. The molecule has 3 nitrogen and oxygen atoms in total. The van der Waals surface area contributed by atoms with Crippen LogP contribution in [0.3, 0.4) is 0 Å². The van der Waals surface area contributed by atoms with Gasteiger partial charge in [-0.2, -0.15) is 0 Å². The van der Waals surface area contributed by atoms with Crippen LogP contribution in [0.4, 0.5) is 0 Å². The van der Waals surface area contributed by atoms with Crippen LogP contribution in [0.2, 0.25) is 0 Å². The second kappa shape index (κ2) is 4.64. The van der Waals surface area contributed by atoms with E-state index in [0.29, 0.717) is 0 Å². The molecule has 0 aliphatic carbocycles. The van der Waals surface area contributed by atoms with Crippen LogP contribution in [0.15, 0.2) is 24.5 Å². The number of aliphatic hydroxyl groups is 2. The van der Waals surface area contributed by atoms with Crippen LogP contribution in [0, 0.1) is 0 Å². The van der Waals surface area contributed by atoms with Crippen LogP contribution in [-0.4, -0.2) is 21.8 Å². The minimum absolute atomic E-state index is 0.00615. The second-order valence-corrected chi connectivity index (χ2v) is 2.37. The van der Waals surface area contributed by atoms with Crippen molar-refractivity contribution in [1.29, 1.82) is 0 Å². The van der Waals surface area contributed by atoms with E-state index in [0.717, 1.165) is 11.1 Å². The molecule has 1 rings (SSSR count). The molecule has 0 aliphatic heterocycles. The van der Waals surface area contributed by atoms with Gasteiger partial charge in [0.05, 0.1) is 13.2 Å². The highest BCUT2D eigenvalue weighted by Crippen LogP contribution is 2.03. The van der Waals surface area contributed by atoms with Gasteiger partial charge in [0.15, 0.2) is 0 Å². The lowest BCUT2D eigenvalue weighted by Gasteiger charge is -1.96. The Hall–Kier alpha value is -1.19. The van der Waals surface area contributed by atoms with Crippen molar-refractivity contribution in [3.63, 3.8) is 0 Å². The number of nitrogens with zero attached hydrogens (tertiary/aromatic N) is 1. The fraction of sp³-hybridized carbons (Fsp3) is 0.222. The van der Waals surface area contributed by atoms with E-state index < -0.39 is 0 Å². The Bertz CT molecular complexity index is 271. The minimum atomic E-state index is -0.00615. The van der Waals surface area contributed by atoms with Crippen LogP contribution in [0.25, 0.3) is 6.08 Å². The molecular formula is C9H11NO2. The SMILES string of the molecule is OCC=Cc1cncc(CO)c1. The van der Waals surface area contributed by atoms with Crippen LogP contribution >= 0.6 is 0 Å². The summed E-state index contributed by atoms with van der Waals surface area (Å²) in [6.45, 7) is 0.0111. The van der Waals surface area contributed by atoms with Gasteiger partial charge in [0.25, 0.3) is 0 Å². The number of pyridine rings is 1. The molecule has 1 aromatic heterocycles. The summed E-state index contributed by atoms with van der Waals surface area (Å²) in [5, 5.41) is 17.3. The third kappa shape index (κ3) is 2.45. The smallest absolute Gasteiger partial charge is 0.0697 e. The van der Waals surface area contributed by atoms with Crippen molar-refractivity contribution in [3.05, 3.63) is 35.7 Å². The summed E-state index contributed by atoms with van der Waals surface area (Å²) in [6, 6.07) is 1.82. The first-order valence-corrected chi connectivity index (χ1v) is 3.69. The topological polar surface area (TPSA) is 53.4 Å². The van der Waals surface area contributed by atoms with Gasteiger partial charge in [0, 0.05) is 12.4 Å². The van der Waals surface area contributed by atoms with E-state index in [1.165, 1.54) is 0 Å². The molecule has 1 aromatic rings. The lowest BCUT2D eigenvalue weighted by molar-refractivity contribution is 0.281. The number of hydrogen-bond acceptors (Lipinski definition) is 3. The summed E-state index contributed by atoms with van der Waals surface area (Å²) < 4.78 is 0. The molecule has 0 radical (unpaired) electrons. The summed E-state index contributed by atoms with van der Waals surface area (Å²) in [6.07, 6.45) is 6.66. The van der Waals surface area contributed by atoms with Gasteiger partial charge in [0.1, 0.15) is 0 Å². The zero-order valence-corrected chi connectivity index (χ0v) is 6.64. The first-order valence-electron chi connectivity index (χ1n) is 3.69. The van der Waals surface area contributed by atoms with E-state index >= 15 is 0 Å². The molecule has 3 heteroatoms. The quantitative estimate of drug-likeness (QED) is 0.688. The lowest BCUT2D eigenvalue weighted by Crippen LogP contribution is -1.86. The van der Waals surface area contributed by atoms with E-state index in [9.17, 15) is 0 Å². The van der Waals surface area contributed by atoms with E-state index in [4.69, 9.17) is 10.2 Å². The summed E-state index contributed by atoms with van der Waals surface area (Å²) in [5.74, 6) is 0. The average Bonchev–Trinajstić information content (AvgIpc) is 2.15. The lowest BCUT2D eigenvalue weighted by atomic mass is 10.2. The molecule has 12 heavy (non-hydrogen) atoms. The fourth-order valence-electron chi connectivity index (χ4n) is 0.874. The Labute approximate surface area is 71.0 Å². The minimum Gasteiger partial charge on any atom is -0.392 e. The van der Waals surface area contributed by atoms with Crippen molar-refractivity contribution in [2.75, 3.05) is 6.61 Å². The molecule has 64 valence electrons. The van der Waals surface area contributed by atoms with Crippen molar-refractivity contribution in [2.45, 2.75) is 6.61 Å². The maximum Gasteiger partial charge on any atom is 0.0697 e. The van der Waals surface area contributed by atoms with Gasteiger partial charge >= 0.3 is 0 Å². The normalized spacial score (nSPS) is 10.8. The molecule has 1 heterocycles. The number of aromatic nitrogens is 1. The Balaban J connectivity index is 2.79. The van der Waals surface area contributed by atoms with E-state index in [2.05, 4.69) is 4.98 Å². The maximum atomic E-state index is 8.77. The molecule has 0 saturated heterocycles. The molecule has 0 atom stereocenters. The zero-order chi connectivity index (χ0) is 8.81. The van der Waals surface area contributed by atoms with Gasteiger partial charge in [-0.15, -0.1) is 0 Å². The standard InChI is InChI=1S/C9H11NO2/c11-3-1-2-8-4-9(7-12)6-10-5-8/h1-2,4-6,11-12H,3,7H2. The predicted octanol–water partition coefficient (Wildman–Crippen LogP) is 0.579. The number of aliphatic hydroxyl groups excluding tert-OH is 2. The van der Waals surface area contributed by atoms with Crippen molar-refractivity contribution >= 4 is 6.08 Å². The second-order valence-electron chi connectivity index (χ2n) is 2.37. The Kier molecular flexibility index (Phi) is 3.44. The first-order chi connectivity index (χ1) is 5.86. The van der Waals surface area contributed by atoms with Gasteiger partial charge in [0.2, 0.25) is 0 Å². The maximum absolute atomic E-state index is 8.77. The third-order valence-corrected chi connectivity index (χ3v) is 1.41. The monoisotopic (exact) mass is 165 g/mol. The molecule has 0 unspecified atom stereocenters. The molecule has 0 spiro atoms. The molecule has 0 fully saturated rings. The Morgan fingerprint density at radius 2 is 2.17 bits per heavy atom. The number of hydrogen-bond donors (Lipinski definition) is 2. The van der Waals surface area contributed by atoms with Gasteiger partial charge < -0.3 is 10.2 Å². The third-order valence-electron chi connectivity index (χ3n) is 1.41. The summed E-state index contributed by atoms with van der Waals surface area (Å²) in [7, 11) is 0. The van der Waals surface area contributed by atoms with Crippen LogP contribution in [-0.2, 0) is 6.61 Å². The summed E-state index contributed by atoms with van der Waals surface area (Å²) in [4.78, 5) is 3.92. The highest BCUT2D eigenvalue weighted by molar-refractivity contribution is 5.48. The Morgan fingerprint density at radius 1 is 1.33 bits per heavy atom. The molecule has 0 amide bonds. The molecule has 0 aromatic carbocycles. The number of rotatable bonds is 3. The van der Waals surface area contributed by atoms with E-state index in [-0.39, 0.29) is 13.2 Å². The zero-order valence-electron chi connectivity index (χ0n) is 6.64. The first kappa shape index (κ1) is 8.90. The molecule has 0 saturated carbocycles. The van der Waals surface area contributed by atoms with E-state index in [1.54, 1.807) is 24.5 Å². The van der Waals surface area contributed by atoms with Crippen molar-refractivity contribution in [2.24, 2.45) is 0 Å². The van der Waals surface area contributed by atoms with Crippen LogP contribution in [0.1, 0.15) is 11.1 Å². The van der Waals surface area contributed by atoms with Gasteiger partial charge in [-0.25, -0.2) is 0 Å². The van der Waals surface area contributed by atoms with Crippen molar-refractivity contribution in [3.8, 4) is 0 Å². The predicted molar refractivity (Wildman–Crippen MR) is 46.3 cm³/mol. The van der Waals surface area contributed by atoms with Gasteiger partial charge in [-0.1, -0.05) is 12.2 Å². The van der Waals surface area contributed by atoms with E-state index in [1.807, 2.05) is 6.07 Å². The summed E-state index contributed by atoms with van der Waals surface area (Å²) >= 11 is 0. The van der Waals surface area contributed by atoms with Crippen LogP contribution < -0.4 is 0 Å². The molecular weight excluding hydrogens is 154 g/mol.